The third-order valence-corrected chi connectivity index (χ3v) is 4.50. The number of nitrogens with zero attached hydrogens (tertiary/aromatic N) is 3. The third kappa shape index (κ3) is 3.50. The highest BCUT2D eigenvalue weighted by molar-refractivity contribution is 5.54. The second-order valence-corrected chi connectivity index (χ2v) is 6.44. The molecule has 1 saturated carbocycles. The first-order valence-electron chi connectivity index (χ1n) is 8.28. The van der Waals surface area contributed by atoms with Crippen LogP contribution in [0.5, 0.6) is 11.6 Å². The fourth-order valence-corrected chi connectivity index (χ4v) is 2.72. The fourth-order valence-electron chi connectivity index (χ4n) is 2.72. The van der Waals surface area contributed by atoms with Crippen LogP contribution in [0.25, 0.3) is 11.5 Å². The van der Waals surface area contributed by atoms with E-state index >= 15 is 0 Å². The molecule has 1 fully saturated rings. The van der Waals surface area contributed by atoms with Gasteiger partial charge < -0.3 is 15.0 Å². The van der Waals surface area contributed by atoms with E-state index in [9.17, 15) is 13.2 Å². The Kier molecular flexibility index (Phi) is 4.11. The molecule has 0 unspecified atom stereocenters. The minimum atomic E-state index is -4.43. The first-order valence-corrected chi connectivity index (χ1v) is 8.28. The lowest BCUT2D eigenvalue weighted by molar-refractivity contribution is -0.137. The molecule has 27 heavy (non-hydrogen) atoms. The molecule has 1 aromatic carbocycles. The number of aromatic nitrogens is 3. The normalized spacial score (nSPS) is 16.0. The molecular weight excluding hydrogens is 361 g/mol. The minimum Gasteiger partial charge on any atom is -0.439 e. The molecule has 2 N–H and O–H groups in total. The standard InChI is InChI=1S/C18H15F3N4O2/c19-18(20,21)12-4-7-14(23-10-12)26-13-5-2-11(3-6-13)15-24-16(25-27-15)17(22)8-1-9-17/h2-7,10H,1,8-9,22H2. The number of benzene rings is 1. The highest BCUT2D eigenvalue weighted by Gasteiger charge is 2.39. The summed E-state index contributed by atoms with van der Waals surface area (Å²) in [5.41, 5.74) is 5.53. The van der Waals surface area contributed by atoms with Crippen LogP contribution in [-0.4, -0.2) is 15.1 Å². The summed E-state index contributed by atoms with van der Waals surface area (Å²) >= 11 is 0. The van der Waals surface area contributed by atoms with E-state index in [1.807, 2.05) is 0 Å². The summed E-state index contributed by atoms with van der Waals surface area (Å²) in [5, 5.41) is 3.96. The van der Waals surface area contributed by atoms with Gasteiger partial charge in [0.1, 0.15) is 5.75 Å². The second-order valence-electron chi connectivity index (χ2n) is 6.44. The van der Waals surface area contributed by atoms with Crippen LogP contribution in [0.4, 0.5) is 13.2 Å². The summed E-state index contributed by atoms with van der Waals surface area (Å²) in [6.07, 6.45) is -0.993. The number of alkyl halides is 3. The lowest BCUT2D eigenvalue weighted by Crippen LogP contribution is -2.44. The lowest BCUT2D eigenvalue weighted by atomic mass is 9.77. The van der Waals surface area contributed by atoms with Crippen LogP contribution in [0, 0.1) is 0 Å². The van der Waals surface area contributed by atoms with Crippen LogP contribution < -0.4 is 10.5 Å². The Morgan fingerprint density at radius 2 is 1.81 bits per heavy atom. The topological polar surface area (TPSA) is 87.1 Å². The van der Waals surface area contributed by atoms with Gasteiger partial charge >= 0.3 is 6.18 Å². The SMILES string of the molecule is NC1(c2noc(-c3ccc(Oc4ccc(C(F)(F)F)cn4)cc3)n2)CCC1. The maximum absolute atomic E-state index is 12.5. The quantitative estimate of drug-likeness (QED) is 0.731. The highest BCUT2D eigenvalue weighted by Crippen LogP contribution is 2.38. The Bertz CT molecular complexity index is 932. The Balaban J connectivity index is 1.46. The van der Waals surface area contributed by atoms with E-state index in [-0.39, 0.29) is 5.88 Å². The lowest BCUT2D eigenvalue weighted by Gasteiger charge is -2.34. The van der Waals surface area contributed by atoms with Crippen LogP contribution in [0.2, 0.25) is 0 Å². The molecule has 0 atom stereocenters. The average Bonchev–Trinajstić information content (AvgIpc) is 3.10. The summed E-state index contributed by atoms with van der Waals surface area (Å²) < 4.78 is 48.4. The number of pyridine rings is 1. The summed E-state index contributed by atoms with van der Waals surface area (Å²) in [5.74, 6) is 1.32. The van der Waals surface area contributed by atoms with Crippen molar-refractivity contribution in [3.8, 4) is 23.1 Å². The predicted molar refractivity (Wildman–Crippen MR) is 88.8 cm³/mol. The van der Waals surface area contributed by atoms with Crippen molar-refractivity contribution in [2.24, 2.45) is 5.73 Å². The Morgan fingerprint density at radius 3 is 2.37 bits per heavy atom. The smallest absolute Gasteiger partial charge is 0.417 e. The van der Waals surface area contributed by atoms with Gasteiger partial charge in [-0.15, -0.1) is 0 Å². The van der Waals surface area contributed by atoms with Crippen LogP contribution in [0.1, 0.15) is 30.7 Å². The molecule has 0 bridgehead atoms. The third-order valence-electron chi connectivity index (χ3n) is 4.50. The molecule has 4 rings (SSSR count). The van der Waals surface area contributed by atoms with Crippen LogP contribution in [0.15, 0.2) is 47.1 Å². The molecule has 2 aromatic heterocycles. The van der Waals surface area contributed by atoms with Gasteiger partial charge in [-0.2, -0.15) is 18.2 Å². The van der Waals surface area contributed by atoms with E-state index < -0.39 is 17.3 Å². The monoisotopic (exact) mass is 376 g/mol. The molecule has 1 aliphatic carbocycles. The number of hydrogen-bond acceptors (Lipinski definition) is 6. The van der Waals surface area contributed by atoms with E-state index in [4.69, 9.17) is 15.0 Å². The molecule has 0 spiro atoms. The summed E-state index contributed by atoms with van der Waals surface area (Å²) in [6, 6.07) is 8.78. The van der Waals surface area contributed by atoms with E-state index in [2.05, 4.69) is 15.1 Å². The molecule has 0 saturated heterocycles. The number of rotatable bonds is 4. The minimum absolute atomic E-state index is 0.0610. The van der Waals surface area contributed by atoms with Crippen LogP contribution in [-0.2, 0) is 11.7 Å². The Morgan fingerprint density at radius 1 is 1.07 bits per heavy atom. The molecular formula is C18H15F3N4O2. The van der Waals surface area contributed by atoms with Gasteiger partial charge in [0.2, 0.25) is 5.88 Å². The van der Waals surface area contributed by atoms with Gasteiger partial charge in [-0.3, -0.25) is 0 Å². The van der Waals surface area contributed by atoms with E-state index in [1.165, 1.54) is 6.07 Å². The van der Waals surface area contributed by atoms with Crippen molar-refractivity contribution < 1.29 is 22.4 Å². The largest absolute Gasteiger partial charge is 0.439 e. The molecule has 9 heteroatoms. The van der Waals surface area contributed by atoms with Gasteiger partial charge in [0, 0.05) is 17.8 Å². The number of hydrogen-bond donors (Lipinski definition) is 1. The number of ether oxygens (including phenoxy) is 1. The molecule has 0 radical (unpaired) electrons. The zero-order chi connectivity index (χ0) is 19.1. The average molecular weight is 376 g/mol. The second kappa shape index (κ2) is 6.34. The maximum Gasteiger partial charge on any atom is 0.417 e. The van der Waals surface area contributed by atoms with Gasteiger partial charge in [0.15, 0.2) is 5.82 Å². The fraction of sp³-hybridized carbons (Fsp3) is 0.278. The molecule has 0 aliphatic heterocycles. The van der Waals surface area contributed by atoms with Gasteiger partial charge in [-0.1, -0.05) is 5.16 Å². The van der Waals surface area contributed by atoms with Crippen molar-refractivity contribution in [1.29, 1.82) is 0 Å². The van der Waals surface area contributed by atoms with Gasteiger partial charge in [0.05, 0.1) is 11.1 Å². The van der Waals surface area contributed by atoms with Gasteiger partial charge in [-0.05, 0) is 49.6 Å². The molecule has 3 aromatic rings. The Hall–Kier alpha value is -2.94. The maximum atomic E-state index is 12.5. The summed E-state index contributed by atoms with van der Waals surface area (Å²) in [7, 11) is 0. The van der Waals surface area contributed by atoms with E-state index in [0.29, 0.717) is 23.0 Å². The number of nitrogens with two attached hydrogens (primary N) is 1. The first-order chi connectivity index (χ1) is 12.8. The van der Waals surface area contributed by atoms with Crippen molar-refractivity contribution in [1.82, 2.24) is 15.1 Å². The zero-order valence-electron chi connectivity index (χ0n) is 14.0. The van der Waals surface area contributed by atoms with Gasteiger partial charge in [-0.25, -0.2) is 4.98 Å². The summed E-state index contributed by atoms with van der Waals surface area (Å²) in [4.78, 5) is 8.03. The molecule has 140 valence electrons. The zero-order valence-corrected chi connectivity index (χ0v) is 14.0. The number of halogens is 3. The van der Waals surface area contributed by atoms with Crippen molar-refractivity contribution in [2.45, 2.75) is 31.0 Å². The van der Waals surface area contributed by atoms with Crippen molar-refractivity contribution in [3.63, 3.8) is 0 Å². The predicted octanol–water partition coefficient (Wildman–Crippen LogP) is 4.28. The van der Waals surface area contributed by atoms with Crippen LogP contribution in [0.3, 0.4) is 0 Å². The molecule has 6 nitrogen and oxygen atoms in total. The molecule has 1 aliphatic rings. The molecule has 0 amide bonds. The van der Waals surface area contributed by atoms with Crippen molar-refractivity contribution in [2.75, 3.05) is 0 Å². The van der Waals surface area contributed by atoms with Crippen LogP contribution >= 0.6 is 0 Å². The highest BCUT2D eigenvalue weighted by atomic mass is 19.4. The van der Waals surface area contributed by atoms with Gasteiger partial charge in [0.25, 0.3) is 5.89 Å². The van der Waals surface area contributed by atoms with Crippen molar-refractivity contribution >= 4 is 0 Å². The summed E-state index contributed by atoms with van der Waals surface area (Å²) in [6.45, 7) is 0. The van der Waals surface area contributed by atoms with E-state index in [0.717, 1.165) is 31.5 Å². The first kappa shape index (κ1) is 17.5. The van der Waals surface area contributed by atoms with E-state index in [1.54, 1.807) is 24.3 Å². The Labute approximate surface area is 152 Å². The van der Waals surface area contributed by atoms with Crippen molar-refractivity contribution in [3.05, 3.63) is 54.0 Å². The molecule has 2 heterocycles.